The number of aromatic amines is 1. The number of thioether (sulfide) groups is 1. The molecule has 3 amide bonds. The molecule has 2 aromatic rings. The molecule has 14 heteroatoms. The maximum Gasteiger partial charge on any atom is 0.326 e. The number of aromatic nitrogens is 1. The number of carbonyl (C=O) groups excluding carboxylic acids is 3. The van der Waals surface area contributed by atoms with Gasteiger partial charge in [0.1, 0.15) is 18.1 Å². The Morgan fingerprint density at radius 2 is 1.58 bits per heavy atom. The minimum atomic E-state index is -1.55. The van der Waals surface area contributed by atoms with E-state index in [-0.39, 0.29) is 6.42 Å². The zero-order chi connectivity index (χ0) is 28.2. The SMILES string of the molecule is CSCCC(N)C(=O)NC(Cc1c[nH]c2ccccc12)C(=O)NC(CO)C(=O)NC(CCC(=O)O)C(=O)O. The van der Waals surface area contributed by atoms with Gasteiger partial charge in [-0.3, -0.25) is 19.2 Å². The van der Waals surface area contributed by atoms with E-state index >= 15 is 0 Å². The van der Waals surface area contributed by atoms with Crippen LogP contribution in [-0.4, -0.2) is 92.7 Å². The van der Waals surface area contributed by atoms with Crippen LogP contribution < -0.4 is 21.7 Å². The molecule has 4 unspecified atom stereocenters. The molecule has 0 saturated heterocycles. The van der Waals surface area contributed by atoms with Crippen LogP contribution in [0.1, 0.15) is 24.8 Å². The van der Waals surface area contributed by atoms with Gasteiger partial charge in [0.2, 0.25) is 17.7 Å². The van der Waals surface area contributed by atoms with Crippen molar-refractivity contribution >= 4 is 52.3 Å². The van der Waals surface area contributed by atoms with Gasteiger partial charge in [-0.05, 0) is 36.5 Å². The van der Waals surface area contributed by atoms with Crippen molar-refractivity contribution in [3.63, 3.8) is 0 Å². The summed E-state index contributed by atoms with van der Waals surface area (Å²) in [4.78, 5) is 63.8. The topological polar surface area (TPSA) is 224 Å². The van der Waals surface area contributed by atoms with Gasteiger partial charge < -0.3 is 42.0 Å². The van der Waals surface area contributed by atoms with E-state index in [0.717, 1.165) is 10.9 Å². The van der Waals surface area contributed by atoms with E-state index in [9.17, 15) is 34.2 Å². The molecule has 0 bridgehead atoms. The highest BCUT2D eigenvalue weighted by Crippen LogP contribution is 2.19. The number of aliphatic carboxylic acids is 2. The summed E-state index contributed by atoms with van der Waals surface area (Å²) in [6, 6.07) is 2.21. The number of para-hydroxylation sites is 1. The molecule has 1 heterocycles. The standard InChI is InChI=1S/C24H33N5O8S/c1-38-9-8-15(25)21(33)28-18(10-13-11-26-16-5-3-2-4-14(13)16)22(34)29-19(12-30)23(35)27-17(24(36)37)6-7-20(31)32/h2-5,11,15,17-19,26,30H,6-10,12,25H2,1H3,(H,27,35)(H,28,33)(H,29,34)(H,31,32)(H,36,37). The summed E-state index contributed by atoms with van der Waals surface area (Å²) >= 11 is 1.51. The molecule has 0 aliphatic rings. The van der Waals surface area contributed by atoms with Gasteiger partial charge in [-0.2, -0.15) is 11.8 Å². The number of fused-ring (bicyclic) bond motifs is 1. The molecule has 208 valence electrons. The fraction of sp³-hybridized carbons (Fsp3) is 0.458. The number of carboxylic acid groups (broad SMARTS) is 2. The molecule has 0 aliphatic carbocycles. The lowest BCUT2D eigenvalue weighted by molar-refractivity contribution is -0.143. The van der Waals surface area contributed by atoms with Crippen molar-refractivity contribution < 1.29 is 39.3 Å². The molecule has 0 radical (unpaired) electrons. The lowest BCUT2D eigenvalue weighted by Gasteiger charge is -2.24. The minimum Gasteiger partial charge on any atom is -0.481 e. The number of aliphatic hydroxyl groups excluding tert-OH is 1. The molecular formula is C24H33N5O8S. The average molecular weight is 552 g/mol. The normalized spacial score (nSPS) is 14.2. The van der Waals surface area contributed by atoms with E-state index in [2.05, 4.69) is 20.9 Å². The summed E-state index contributed by atoms with van der Waals surface area (Å²) in [5.74, 6) is -4.47. The Balaban J connectivity index is 2.20. The second kappa shape index (κ2) is 15.0. The van der Waals surface area contributed by atoms with Crippen molar-refractivity contribution in [2.45, 2.75) is 49.9 Å². The van der Waals surface area contributed by atoms with Gasteiger partial charge in [0, 0.05) is 29.9 Å². The van der Waals surface area contributed by atoms with Crippen LogP contribution in [0.15, 0.2) is 30.5 Å². The highest BCUT2D eigenvalue weighted by molar-refractivity contribution is 7.98. The summed E-state index contributed by atoms with van der Waals surface area (Å²) in [5, 5.41) is 35.7. The summed E-state index contributed by atoms with van der Waals surface area (Å²) in [6.07, 6.45) is 3.07. The van der Waals surface area contributed by atoms with Crippen molar-refractivity contribution in [1.29, 1.82) is 0 Å². The molecule has 0 aliphatic heterocycles. The Morgan fingerprint density at radius 1 is 0.947 bits per heavy atom. The molecule has 1 aromatic carbocycles. The predicted molar refractivity (Wildman–Crippen MR) is 140 cm³/mol. The van der Waals surface area contributed by atoms with Crippen LogP contribution in [0.4, 0.5) is 0 Å². The number of rotatable bonds is 16. The summed E-state index contributed by atoms with van der Waals surface area (Å²) in [6.45, 7) is -0.871. The molecule has 4 atom stereocenters. The first kappa shape index (κ1) is 30.6. The van der Waals surface area contributed by atoms with Crippen LogP contribution in [-0.2, 0) is 30.4 Å². The number of H-pyrrole nitrogens is 1. The molecular weight excluding hydrogens is 518 g/mol. The first-order chi connectivity index (χ1) is 18.1. The third-order valence-corrected chi connectivity index (χ3v) is 6.42. The molecule has 38 heavy (non-hydrogen) atoms. The highest BCUT2D eigenvalue weighted by Gasteiger charge is 2.30. The molecule has 0 fully saturated rings. The Kier molecular flexibility index (Phi) is 12.0. The number of hydrogen-bond acceptors (Lipinski definition) is 8. The predicted octanol–water partition coefficient (Wildman–Crippen LogP) is -0.813. The van der Waals surface area contributed by atoms with E-state index in [4.69, 9.17) is 10.8 Å². The zero-order valence-electron chi connectivity index (χ0n) is 20.8. The maximum atomic E-state index is 13.2. The number of amides is 3. The number of nitrogens with two attached hydrogens (primary N) is 1. The average Bonchev–Trinajstić information content (AvgIpc) is 3.29. The third-order valence-electron chi connectivity index (χ3n) is 5.78. The Hall–Kier alpha value is -3.62. The van der Waals surface area contributed by atoms with Gasteiger partial charge in [0.05, 0.1) is 12.6 Å². The van der Waals surface area contributed by atoms with Crippen molar-refractivity contribution in [2.75, 3.05) is 18.6 Å². The van der Waals surface area contributed by atoms with Gasteiger partial charge in [-0.15, -0.1) is 0 Å². The second-order valence-corrected chi connectivity index (χ2v) is 9.57. The van der Waals surface area contributed by atoms with E-state index < -0.39 is 73.3 Å². The number of aliphatic hydroxyl groups is 1. The number of carboxylic acids is 2. The highest BCUT2D eigenvalue weighted by atomic mass is 32.2. The molecule has 13 nitrogen and oxygen atoms in total. The Bertz CT molecular complexity index is 1140. The smallest absolute Gasteiger partial charge is 0.326 e. The zero-order valence-corrected chi connectivity index (χ0v) is 21.6. The monoisotopic (exact) mass is 551 g/mol. The Labute approximate surface area is 222 Å². The van der Waals surface area contributed by atoms with Crippen molar-refractivity contribution in [1.82, 2.24) is 20.9 Å². The van der Waals surface area contributed by atoms with Crippen LogP contribution in [0.2, 0.25) is 0 Å². The van der Waals surface area contributed by atoms with E-state index in [1.165, 1.54) is 11.8 Å². The van der Waals surface area contributed by atoms with Crippen molar-refractivity contribution in [3.05, 3.63) is 36.0 Å². The third kappa shape index (κ3) is 9.04. The maximum absolute atomic E-state index is 13.2. The van der Waals surface area contributed by atoms with Gasteiger partial charge in [0.25, 0.3) is 0 Å². The molecule has 0 saturated carbocycles. The summed E-state index contributed by atoms with van der Waals surface area (Å²) < 4.78 is 0. The Morgan fingerprint density at radius 3 is 2.21 bits per heavy atom. The quantitative estimate of drug-likeness (QED) is 0.129. The molecule has 2 rings (SSSR count). The second-order valence-electron chi connectivity index (χ2n) is 8.59. The molecule has 0 spiro atoms. The van der Waals surface area contributed by atoms with Crippen LogP contribution in [0, 0.1) is 0 Å². The number of hydrogen-bond donors (Lipinski definition) is 8. The van der Waals surface area contributed by atoms with Gasteiger partial charge in [-0.25, -0.2) is 4.79 Å². The van der Waals surface area contributed by atoms with Crippen LogP contribution in [0.5, 0.6) is 0 Å². The van der Waals surface area contributed by atoms with Gasteiger partial charge >= 0.3 is 11.9 Å². The summed E-state index contributed by atoms with van der Waals surface area (Å²) in [5.41, 5.74) is 7.49. The summed E-state index contributed by atoms with van der Waals surface area (Å²) in [7, 11) is 0. The van der Waals surface area contributed by atoms with Gasteiger partial charge in [-0.1, -0.05) is 18.2 Å². The lowest BCUT2D eigenvalue weighted by atomic mass is 10.0. The molecule has 1 aromatic heterocycles. The van der Waals surface area contributed by atoms with Crippen LogP contribution >= 0.6 is 11.8 Å². The van der Waals surface area contributed by atoms with Gasteiger partial charge in [0.15, 0.2) is 0 Å². The van der Waals surface area contributed by atoms with E-state index in [1.807, 2.05) is 30.5 Å². The van der Waals surface area contributed by atoms with Crippen molar-refractivity contribution in [2.24, 2.45) is 5.73 Å². The van der Waals surface area contributed by atoms with E-state index in [1.54, 1.807) is 6.20 Å². The van der Waals surface area contributed by atoms with Crippen molar-refractivity contribution in [3.8, 4) is 0 Å². The largest absolute Gasteiger partial charge is 0.481 e. The lowest BCUT2D eigenvalue weighted by Crippen LogP contribution is -2.58. The fourth-order valence-electron chi connectivity index (χ4n) is 3.65. The minimum absolute atomic E-state index is 0.0347. The van der Waals surface area contributed by atoms with E-state index in [0.29, 0.717) is 17.7 Å². The first-order valence-corrected chi connectivity index (χ1v) is 13.2. The number of carbonyl (C=O) groups is 5. The number of benzene rings is 1. The molecule has 9 N–H and O–H groups in total. The fourth-order valence-corrected chi connectivity index (χ4v) is 4.14. The van der Waals surface area contributed by atoms with Crippen LogP contribution in [0.3, 0.4) is 0 Å². The van der Waals surface area contributed by atoms with Crippen LogP contribution in [0.25, 0.3) is 10.9 Å². The first-order valence-electron chi connectivity index (χ1n) is 11.8. The number of nitrogens with one attached hydrogen (secondary N) is 4.